The molecule has 0 spiro atoms. The summed E-state index contributed by atoms with van der Waals surface area (Å²) in [5.41, 5.74) is 2.49. The maximum Gasteiger partial charge on any atom is 0.0649 e. The second kappa shape index (κ2) is 3.49. The van der Waals surface area contributed by atoms with Crippen molar-refractivity contribution in [1.29, 1.82) is 0 Å². The fraction of sp³-hybridized carbons (Fsp3) is 0.250. The van der Waals surface area contributed by atoms with Crippen molar-refractivity contribution < 1.29 is 0 Å². The average molecular weight is 263 g/mol. The Hall–Kier alpha value is -1.09. The molecule has 0 amide bonds. The second-order valence-electron chi connectivity index (χ2n) is 3.92. The first-order valence-corrected chi connectivity index (χ1v) is 5.94. The molecule has 0 bridgehead atoms. The Labute approximate surface area is 97.1 Å². The number of nitrogens with zero attached hydrogens (tertiary/aromatic N) is 2. The quantitative estimate of drug-likeness (QED) is 0.810. The Morgan fingerprint density at radius 3 is 2.53 bits per heavy atom. The summed E-state index contributed by atoms with van der Waals surface area (Å²) >= 11 is 3.44. The van der Waals surface area contributed by atoms with Crippen molar-refractivity contribution in [2.24, 2.45) is 0 Å². The largest absolute Gasteiger partial charge is 0.238 e. The zero-order valence-corrected chi connectivity index (χ0v) is 9.81. The molecule has 1 aliphatic rings. The molecule has 3 heteroatoms. The van der Waals surface area contributed by atoms with Crippen LogP contribution in [-0.2, 0) is 0 Å². The average Bonchev–Trinajstić information content (AvgIpc) is 2.98. The molecule has 15 heavy (non-hydrogen) atoms. The van der Waals surface area contributed by atoms with E-state index in [1.54, 1.807) is 0 Å². The van der Waals surface area contributed by atoms with Gasteiger partial charge in [0.2, 0.25) is 0 Å². The van der Waals surface area contributed by atoms with Crippen LogP contribution in [0.1, 0.15) is 24.5 Å². The van der Waals surface area contributed by atoms with E-state index in [1.807, 2.05) is 23.0 Å². The molecule has 0 N–H and O–H groups in total. The van der Waals surface area contributed by atoms with Gasteiger partial charge < -0.3 is 0 Å². The Balaban J connectivity index is 2.04. The molecule has 76 valence electrons. The molecule has 0 aliphatic heterocycles. The van der Waals surface area contributed by atoms with E-state index >= 15 is 0 Å². The lowest BCUT2D eigenvalue weighted by Crippen LogP contribution is -2.00. The number of hydrogen-bond donors (Lipinski definition) is 0. The third kappa shape index (κ3) is 1.72. The number of aromatic nitrogens is 2. The van der Waals surface area contributed by atoms with Crippen LogP contribution in [0.3, 0.4) is 0 Å². The molecule has 2 nitrogen and oxygen atoms in total. The minimum absolute atomic E-state index is 0.733. The highest BCUT2D eigenvalue weighted by Crippen LogP contribution is 2.40. The molecule has 0 radical (unpaired) electrons. The van der Waals surface area contributed by atoms with Crippen molar-refractivity contribution in [3.05, 3.63) is 46.7 Å². The number of rotatable bonds is 2. The van der Waals surface area contributed by atoms with Gasteiger partial charge in [0.15, 0.2) is 0 Å². The third-order valence-electron chi connectivity index (χ3n) is 2.74. The van der Waals surface area contributed by atoms with E-state index in [4.69, 9.17) is 0 Å². The van der Waals surface area contributed by atoms with Crippen LogP contribution in [0.4, 0.5) is 0 Å². The molecular weight excluding hydrogens is 252 g/mol. The van der Waals surface area contributed by atoms with Crippen LogP contribution < -0.4 is 0 Å². The van der Waals surface area contributed by atoms with Gasteiger partial charge in [0, 0.05) is 22.3 Å². The van der Waals surface area contributed by atoms with E-state index in [-0.39, 0.29) is 0 Å². The van der Waals surface area contributed by atoms with E-state index in [0.717, 1.165) is 16.1 Å². The van der Waals surface area contributed by atoms with Gasteiger partial charge in [0.25, 0.3) is 0 Å². The summed E-state index contributed by atoms with van der Waals surface area (Å²) in [7, 11) is 0. The van der Waals surface area contributed by atoms with Crippen LogP contribution in [0.15, 0.2) is 41.0 Å². The van der Waals surface area contributed by atoms with Crippen LogP contribution in [0.5, 0.6) is 0 Å². The monoisotopic (exact) mass is 262 g/mol. The molecule has 1 aromatic heterocycles. The second-order valence-corrected chi connectivity index (χ2v) is 4.83. The van der Waals surface area contributed by atoms with Crippen LogP contribution in [0, 0.1) is 0 Å². The Morgan fingerprint density at radius 1 is 1.13 bits per heavy atom. The molecule has 1 aliphatic carbocycles. The lowest BCUT2D eigenvalue weighted by atomic mass is 10.2. The van der Waals surface area contributed by atoms with Crippen molar-refractivity contribution >= 4 is 15.9 Å². The van der Waals surface area contributed by atoms with Gasteiger partial charge in [0.1, 0.15) is 0 Å². The zero-order valence-electron chi connectivity index (χ0n) is 8.23. The maximum absolute atomic E-state index is 4.38. The Bertz CT molecular complexity index is 469. The van der Waals surface area contributed by atoms with Crippen LogP contribution >= 0.6 is 15.9 Å². The fourth-order valence-electron chi connectivity index (χ4n) is 1.80. The highest BCUT2D eigenvalue weighted by molar-refractivity contribution is 9.10. The van der Waals surface area contributed by atoms with Gasteiger partial charge in [-0.25, -0.2) is 4.68 Å². The predicted octanol–water partition coefficient (Wildman–Crippen LogP) is 3.51. The third-order valence-corrected chi connectivity index (χ3v) is 3.27. The molecule has 3 rings (SSSR count). The minimum Gasteiger partial charge on any atom is -0.238 e. The number of hydrogen-bond acceptors (Lipinski definition) is 1. The standard InChI is InChI=1S/C12H11BrN2/c13-10-3-5-11(6-4-10)15-12(7-8-14-15)9-1-2-9/h3-9H,1-2H2. The lowest BCUT2D eigenvalue weighted by Gasteiger charge is -2.06. The molecule has 0 unspecified atom stereocenters. The van der Waals surface area contributed by atoms with Crippen molar-refractivity contribution in [2.75, 3.05) is 0 Å². The highest BCUT2D eigenvalue weighted by atomic mass is 79.9. The van der Waals surface area contributed by atoms with E-state index in [2.05, 4.69) is 39.2 Å². The van der Waals surface area contributed by atoms with E-state index in [1.165, 1.54) is 18.5 Å². The summed E-state index contributed by atoms with van der Waals surface area (Å²) < 4.78 is 3.15. The van der Waals surface area contributed by atoms with Crippen molar-refractivity contribution in [1.82, 2.24) is 9.78 Å². The SMILES string of the molecule is Brc1ccc(-n2nccc2C2CC2)cc1. The first-order valence-electron chi connectivity index (χ1n) is 5.14. The molecule has 1 heterocycles. The van der Waals surface area contributed by atoms with Crippen LogP contribution in [-0.4, -0.2) is 9.78 Å². The molecule has 1 fully saturated rings. The summed E-state index contributed by atoms with van der Waals surface area (Å²) in [4.78, 5) is 0. The van der Waals surface area contributed by atoms with Crippen molar-refractivity contribution in [2.45, 2.75) is 18.8 Å². The number of benzene rings is 1. The minimum atomic E-state index is 0.733. The molecule has 0 saturated heterocycles. The van der Waals surface area contributed by atoms with Gasteiger partial charge in [-0.3, -0.25) is 0 Å². The van der Waals surface area contributed by atoms with E-state index in [9.17, 15) is 0 Å². The van der Waals surface area contributed by atoms with E-state index < -0.39 is 0 Å². The van der Waals surface area contributed by atoms with Gasteiger partial charge in [-0.1, -0.05) is 15.9 Å². The molecule has 2 aromatic rings. The summed E-state index contributed by atoms with van der Waals surface area (Å²) in [6.45, 7) is 0. The summed E-state index contributed by atoms with van der Waals surface area (Å²) in [6, 6.07) is 10.4. The summed E-state index contributed by atoms with van der Waals surface area (Å²) in [5, 5.41) is 4.38. The number of halogens is 1. The molecule has 1 saturated carbocycles. The predicted molar refractivity (Wildman–Crippen MR) is 63.2 cm³/mol. The normalized spacial score (nSPS) is 15.5. The lowest BCUT2D eigenvalue weighted by molar-refractivity contribution is 0.808. The Kier molecular flexibility index (Phi) is 2.13. The molecule has 1 aromatic carbocycles. The van der Waals surface area contributed by atoms with Gasteiger partial charge in [-0.15, -0.1) is 0 Å². The maximum atomic E-state index is 4.38. The smallest absolute Gasteiger partial charge is 0.0649 e. The van der Waals surface area contributed by atoms with Crippen molar-refractivity contribution in [3.63, 3.8) is 0 Å². The fourth-order valence-corrected chi connectivity index (χ4v) is 2.06. The molecule has 0 atom stereocenters. The van der Waals surface area contributed by atoms with Gasteiger partial charge in [0.05, 0.1) is 5.69 Å². The van der Waals surface area contributed by atoms with Gasteiger partial charge in [-0.05, 0) is 43.2 Å². The van der Waals surface area contributed by atoms with Crippen molar-refractivity contribution in [3.8, 4) is 5.69 Å². The first kappa shape index (κ1) is 9.16. The van der Waals surface area contributed by atoms with Crippen LogP contribution in [0.25, 0.3) is 5.69 Å². The topological polar surface area (TPSA) is 17.8 Å². The molecular formula is C12H11BrN2. The van der Waals surface area contributed by atoms with E-state index in [0.29, 0.717) is 0 Å². The first-order chi connectivity index (χ1) is 7.34. The van der Waals surface area contributed by atoms with Gasteiger partial charge >= 0.3 is 0 Å². The summed E-state index contributed by atoms with van der Waals surface area (Å²) in [5.74, 6) is 0.733. The van der Waals surface area contributed by atoms with Gasteiger partial charge in [-0.2, -0.15) is 5.10 Å². The van der Waals surface area contributed by atoms with Crippen LogP contribution in [0.2, 0.25) is 0 Å². The highest BCUT2D eigenvalue weighted by Gasteiger charge is 2.27. The Morgan fingerprint density at radius 2 is 1.87 bits per heavy atom. The summed E-state index contributed by atoms with van der Waals surface area (Å²) in [6.07, 6.45) is 4.50. The zero-order chi connectivity index (χ0) is 10.3.